The Morgan fingerprint density at radius 2 is 2.05 bits per heavy atom. The van der Waals surface area contributed by atoms with Gasteiger partial charge in [-0.05, 0) is 36.2 Å². The largest absolute Gasteiger partial charge is 0.481 e. The number of carboxylic acid groups (broad SMARTS) is 1. The Hall–Kier alpha value is -1.35. The number of aliphatic carboxylic acids is 1. The van der Waals surface area contributed by atoms with E-state index in [0.29, 0.717) is 0 Å². The molecular weight excluding hydrogens is 238 g/mol. The molecule has 0 radical (unpaired) electrons. The van der Waals surface area contributed by atoms with Crippen molar-refractivity contribution in [3.8, 4) is 0 Å². The Morgan fingerprint density at radius 1 is 1.42 bits per heavy atom. The minimum absolute atomic E-state index is 0.0741. The van der Waals surface area contributed by atoms with E-state index in [1.807, 2.05) is 6.07 Å². The van der Waals surface area contributed by atoms with Gasteiger partial charge in [0.15, 0.2) is 0 Å². The van der Waals surface area contributed by atoms with Crippen LogP contribution in [-0.4, -0.2) is 16.6 Å². The monoisotopic (exact) mass is 261 g/mol. The summed E-state index contributed by atoms with van der Waals surface area (Å²) >= 11 is 0. The highest BCUT2D eigenvalue weighted by Gasteiger charge is 2.58. The summed E-state index contributed by atoms with van der Waals surface area (Å²) in [5, 5.41) is 8.98. The van der Waals surface area contributed by atoms with Crippen molar-refractivity contribution in [2.24, 2.45) is 17.1 Å². The predicted octanol–water partition coefficient (Wildman–Crippen LogP) is 2.84. The summed E-state index contributed by atoms with van der Waals surface area (Å²) in [5.74, 6) is -0.555. The molecular formula is C16H23NO2. The van der Waals surface area contributed by atoms with Gasteiger partial charge >= 0.3 is 5.97 Å². The molecule has 3 nitrogen and oxygen atoms in total. The average molecular weight is 261 g/mol. The SMILES string of the molecule is CCC1(Cc2ccccc2)CC(N)(CC(=O)O)C1C. The van der Waals surface area contributed by atoms with E-state index in [2.05, 4.69) is 38.1 Å². The second-order valence-corrected chi connectivity index (χ2v) is 6.08. The molecule has 1 aliphatic carbocycles. The van der Waals surface area contributed by atoms with Crippen LogP contribution in [0.25, 0.3) is 0 Å². The van der Waals surface area contributed by atoms with E-state index in [-0.39, 0.29) is 17.8 Å². The third-order valence-corrected chi connectivity index (χ3v) is 5.05. The molecule has 0 spiro atoms. The van der Waals surface area contributed by atoms with E-state index in [9.17, 15) is 4.79 Å². The molecule has 3 N–H and O–H groups in total. The number of rotatable bonds is 5. The summed E-state index contributed by atoms with van der Waals surface area (Å²) in [5.41, 5.74) is 7.21. The van der Waals surface area contributed by atoms with Gasteiger partial charge in [-0.2, -0.15) is 0 Å². The molecule has 1 aliphatic rings. The fraction of sp³-hybridized carbons (Fsp3) is 0.562. The fourth-order valence-electron chi connectivity index (χ4n) is 3.71. The third-order valence-electron chi connectivity index (χ3n) is 5.05. The first-order chi connectivity index (χ1) is 8.92. The van der Waals surface area contributed by atoms with Crippen LogP contribution in [0.15, 0.2) is 30.3 Å². The Morgan fingerprint density at radius 3 is 2.53 bits per heavy atom. The standard InChI is InChI=1S/C16H23NO2/c1-3-15(9-13-7-5-4-6-8-13)11-16(17,12(15)2)10-14(18)19/h4-8,12H,3,9-11,17H2,1-2H3,(H,18,19). The maximum absolute atomic E-state index is 10.9. The Kier molecular flexibility index (Phi) is 3.68. The molecule has 19 heavy (non-hydrogen) atoms. The normalized spacial score (nSPS) is 33.7. The van der Waals surface area contributed by atoms with Crippen molar-refractivity contribution in [2.45, 2.75) is 45.1 Å². The molecule has 104 valence electrons. The van der Waals surface area contributed by atoms with E-state index >= 15 is 0 Å². The van der Waals surface area contributed by atoms with Crippen molar-refractivity contribution in [1.29, 1.82) is 0 Å². The zero-order chi connectivity index (χ0) is 14.1. The van der Waals surface area contributed by atoms with E-state index in [0.717, 1.165) is 19.3 Å². The van der Waals surface area contributed by atoms with Crippen LogP contribution in [0.5, 0.6) is 0 Å². The highest BCUT2D eigenvalue weighted by Crippen LogP contribution is 2.57. The van der Waals surface area contributed by atoms with Gasteiger partial charge in [-0.25, -0.2) is 0 Å². The highest BCUT2D eigenvalue weighted by molar-refractivity contribution is 5.69. The van der Waals surface area contributed by atoms with Crippen molar-refractivity contribution < 1.29 is 9.90 Å². The lowest BCUT2D eigenvalue weighted by Gasteiger charge is -2.60. The number of carboxylic acids is 1. The second-order valence-electron chi connectivity index (χ2n) is 6.08. The van der Waals surface area contributed by atoms with Gasteiger partial charge < -0.3 is 10.8 Å². The third kappa shape index (κ3) is 2.52. The lowest BCUT2D eigenvalue weighted by Crippen LogP contribution is -2.66. The van der Waals surface area contributed by atoms with Crippen molar-refractivity contribution in [1.82, 2.24) is 0 Å². The van der Waals surface area contributed by atoms with Crippen LogP contribution in [0.4, 0.5) is 0 Å². The van der Waals surface area contributed by atoms with Gasteiger partial charge in [-0.1, -0.05) is 44.2 Å². The van der Waals surface area contributed by atoms with Crippen LogP contribution in [0.1, 0.15) is 38.7 Å². The molecule has 1 aromatic rings. The van der Waals surface area contributed by atoms with Gasteiger partial charge in [0.25, 0.3) is 0 Å². The first-order valence-corrected chi connectivity index (χ1v) is 6.96. The number of hydrogen-bond acceptors (Lipinski definition) is 2. The molecule has 0 amide bonds. The van der Waals surface area contributed by atoms with Crippen molar-refractivity contribution in [2.75, 3.05) is 0 Å². The van der Waals surface area contributed by atoms with E-state index in [1.54, 1.807) is 0 Å². The smallest absolute Gasteiger partial charge is 0.305 e. The van der Waals surface area contributed by atoms with E-state index < -0.39 is 11.5 Å². The van der Waals surface area contributed by atoms with Crippen LogP contribution in [0.2, 0.25) is 0 Å². The predicted molar refractivity (Wildman–Crippen MR) is 75.8 cm³/mol. The topological polar surface area (TPSA) is 63.3 Å². The molecule has 3 atom stereocenters. The minimum Gasteiger partial charge on any atom is -0.481 e. The fourth-order valence-corrected chi connectivity index (χ4v) is 3.71. The summed E-state index contributed by atoms with van der Waals surface area (Å²) in [6, 6.07) is 10.4. The Bertz CT molecular complexity index is 459. The van der Waals surface area contributed by atoms with Crippen LogP contribution in [-0.2, 0) is 11.2 Å². The zero-order valence-electron chi connectivity index (χ0n) is 11.7. The maximum Gasteiger partial charge on any atom is 0.305 e. The molecule has 0 heterocycles. The van der Waals surface area contributed by atoms with Crippen molar-refractivity contribution in [3.63, 3.8) is 0 Å². The average Bonchev–Trinajstić information content (AvgIpc) is 2.37. The number of nitrogens with two attached hydrogens (primary N) is 1. The lowest BCUT2D eigenvalue weighted by molar-refractivity contribution is -0.145. The lowest BCUT2D eigenvalue weighted by atomic mass is 9.47. The number of carbonyl (C=O) groups is 1. The molecule has 0 aromatic heterocycles. The summed E-state index contributed by atoms with van der Waals surface area (Å²) in [7, 11) is 0. The summed E-state index contributed by atoms with van der Waals surface area (Å²) in [4.78, 5) is 10.9. The van der Waals surface area contributed by atoms with Crippen LogP contribution in [0.3, 0.4) is 0 Å². The Labute approximate surface area is 114 Å². The van der Waals surface area contributed by atoms with E-state index in [4.69, 9.17) is 10.8 Å². The molecule has 1 fully saturated rings. The zero-order valence-corrected chi connectivity index (χ0v) is 11.7. The summed E-state index contributed by atoms with van der Waals surface area (Å²) < 4.78 is 0. The minimum atomic E-state index is -0.793. The Balaban J connectivity index is 2.12. The molecule has 1 saturated carbocycles. The van der Waals surface area contributed by atoms with Crippen molar-refractivity contribution in [3.05, 3.63) is 35.9 Å². The summed E-state index contributed by atoms with van der Waals surface area (Å²) in [6.07, 6.45) is 2.91. The first kappa shape index (κ1) is 14.1. The molecule has 3 unspecified atom stereocenters. The van der Waals surface area contributed by atoms with Crippen molar-refractivity contribution >= 4 is 5.97 Å². The first-order valence-electron chi connectivity index (χ1n) is 6.96. The molecule has 2 rings (SSSR count). The van der Waals surface area contributed by atoms with Gasteiger partial charge in [-0.15, -0.1) is 0 Å². The van der Waals surface area contributed by atoms with E-state index in [1.165, 1.54) is 5.56 Å². The van der Waals surface area contributed by atoms with Crippen LogP contribution in [0, 0.1) is 11.3 Å². The van der Waals surface area contributed by atoms with Gasteiger partial charge in [-0.3, -0.25) is 4.79 Å². The van der Waals surface area contributed by atoms with Gasteiger partial charge in [0.05, 0.1) is 6.42 Å². The van der Waals surface area contributed by atoms with Gasteiger partial charge in [0.2, 0.25) is 0 Å². The quantitative estimate of drug-likeness (QED) is 0.856. The molecule has 1 aromatic carbocycles. The number of hydrogen-bond donors (Lipinski definition) is 2. The van der Waals surface area contributed by atoms with Crippen LogP contribution >= 0.6 is 0 Å². The van der Waals surface area contributed by atoms with Gasteiger partial charge in [0.1, 0.15) is 0 Å². The van der Waals surface area contributed by atoms with Crippen LogP contribution < -0.4 is 5.73 Å². The summed E-state index contributed by atoms with van der Waals surface area (Å²) in [6.45, 7) is 4.29. The van der Waals surface area contributed by atoms with Gasteiger partial charge in [0, 0.05) is 5.54 Å². The second kappa shape index (κ2) is 4.97. The molecule has 0 bridgehead atoms. The highest BCUT2D eigenvalue weighted by atomic mass is 16.4. The number of benzene rings is 1. The molecule has 3 heteroatoms. The maximum atomic E-state index is 10.9. The molecule has 0 saturated heterocycles. The molecule has 0 aliphatic heterocycles.